The molecule has 9 heteroatoms. The van der Waals surface area contributed by atoms with E-state index < -0.39 is 17.9 Å². The third kappa shape index (κ3) is 4.06. The van der Waals surface area contributed by atoms with Crippen molar-refractivity contribution in [2.24, 2.45) is 5.73 Å². The van der Waals surface area contributed by atoms with Crippen molar-refractivity contribution < 1.29 is 19.1 Å². The van der Waals surface area contributed by atoms with Crippen LogP contribution in [-0.4, -0.2) is 35.4 Å². The molecule has 0 fully saturated rings. The Balaban J connectivity index is 1.65. The monoisotopic (exact) mass is 450 g/mol. The van der Waals surface area contributed by atoms with Gasteiger partial charge in [0.15, 0.2) is 6.10 Å². The molecule has 4 rings (SSSR count). The van der Waals surface area contributed by atoms with Gasteiger partial charge in [0, 0.05) is 10.4 Å². The Morgan fingerprint density at radius 2 is 1.97 bits per heavy atom. The van der Waals surface area contributed by atoms with Crippen LogP contribution in [0, 0.1) is 13.8 Å². The molecule has 8 nitrogen and oxygen atoms in total. The van der Waals surface area contributed by atoms with Gasteiger partial charge in [-0.05, 0) is 51.1 Å². The molecule has 3 N–H and O–H groups in total. The molecule has 1 unspecified atom stereocenters. The van der Waals surface area contributed by atoms with Crippen LogP contribution in [-0.2, 0) is 9.59 Å². The lowest BCUT2D eigenvalue weighted by Gasteiger charge is -2.33. The van der Waals surface area contributed by atoms with Crippen LogP contribution >= 0.6 is 11.3 Å². The minimum Gasteiger partial charge on any atom is -0.479 e. The van der Waals surface area contributed by atoms with E-state index >= 15 is 0 Å². The summed E-state index contributed by atoms with van der Waals surface area (Å²) in [5.74, 6) is -0.936. The highest BCUT2D eigenvalue weighted by Crippen LogP contribution is 2.38. The molecule has 3 aromatic rings. The number of aryl methyl sites for hydroxylation is 2. The minimum atomic E-state index is -0.734. The van der Waals surface area contributed by atoms with Gasteiger partial charge in [-0.3, -0.25) is 19.3 Å². The van der Waals surface area contributed by atoms with E-state index in [1.165, 1.54) is 11.0 Å². The Labute approximate surface area is 189 Å². The van der Waals surface area contributed by atoms with Gasteiger partial charge in [0.2, 0.25) is 5.91 Å². The fourth-order valence-electron chi connectivity index (χ4n) is 3.65. The molecule has 0 saturated carbocycles. The van der Waals surface area contributed by atoms with Gasteiger partial charge in [0.05, 0.1) is 27.6 Å². The molecule has 0 radical (unpaired) electrons. The van der Waals surface area contributed by atoms with E-state index in [-0.39, 0.29) is 18.0 Å². The summed E-state index contributed by atoms with van der Waals surface area (Å²) in [6.07, 6.45) is -0.734. The number of thiazole rings is 1. The number of nitrogens with two attached hydrogens (primary N) is 1. The van der Waals surface area contributed by atoms with Crippen molar-refractivity contribution in [2.75, 3.05) is 16.8 Å². The second kappa shape index (κ2) is 8.43. The maximum Gasteiger partial charge on any atom is 0.268 e. The zero-order valence-corrected chi connectivity index (χ0v) is 18.7. The van der Waals surface area contributed by atoms with Gasteiger partial charge in [-0.25, -0.2) is 4.98 Å². The summed E-state index contributed by atoms with van der Waals surface area (Å²) in [6, 6.07) is 11.9. The number of para-hydroxylation sites is 1. The summed E-state index contributed by atoms with van der Waals surface area (Å²) in [5, 5.41) is 3.62. The molecule has 1 atom stereocenters. The van der Waals surface area contributed by atoms with Crippen molar-refractivity contribution in [2.45, 2.75) is 26.9 Å². The molecule has 1 aromatic heterocycles. The van der Waals surface area contributed by atoms with Crippen LogP contribution in [0.3, 0.4) is 0 Å². The quantitative estimate of drug-likeness (QED) is 0.619. The number of rotatable bonds is 5. The standard InChI is InChI=1S/C23H22N4O4S/c1-12-23(30)27(11-20(28)26-17-7-5-4-6-16(17)22(24)29)18-10-15(8-9-19(18)31-12)21-13(2)32-14(3)25-21/h4-10,12H,11H2,1-3H3,(H2,24,29)(H,26,28). The number of anilines is 2. The first-order valence-corrected chi connectivity index (χ1v) is 10.8. The van der Waals surface area contributed by atoms with Gasteiger partial charge in [-0.2, -0.15) is 0 Å². The first-order chi connectivity index (χ1) is 15.2. The number of nitrogens with zero attached hydrogens (tertiary/aromatic N) is 2. The lowest BCUT2D eigenvalue weighted by molar-refractivity contribution is -0.127. The maximum absolute atomic E-state index is 12.9. The van der Waals surface area contributed by atoms with Crippen molar-refractivity contribution in [1.29, 1.82) is 0 Å². The van der Waals surface area contributed by atoms with Crippen LogP contribution in [0.4, 0.5) is 11.4 Å². The SMILES string of the molecule is Cc1nc(-c2ccc3c(c2)N(CC(=O)Nc2ccccc2C(N)=O)C(=O)C(C)O3)c(C)s1. The van der Waals surface area contributed by atoms with Crippen LogP contribution in [0.2, 0.25) is 0 Å². The molecule has 0 saturated heterocycles. The largest absolute Gasteiger partial charge is 0.479 e. The average Bonchev–Trinajstić information content (AvgIpc) is 3.09. The summed E-state index contributed by atoms with van der Waals surface area (Å²) >= 11 is 1.59. The number of ether oxygens (including phenoxy) is 1. The van der Waals surface area contributed by atoms with Crippen molar-refractivity contribution >= 4 is 40.4 Å². The summed E-state index contributed by atoms with van der Waals surface area (Å²) in [4.78, 5) is 44.4. The van der Waals surface area contributed by atoms with Gasteiger partial charge in [0.25, 0.3) is 11.8 Å². The zero-order chi connectivity index (χ0) is 23.0. The topological polar surface area (TPSA) is 115 Å². The minimum absolute atomic E-state index is 0.194. The second-order valence-electron chi connectivity index (χ2n) is 7.46. The van der Waals surface area contributed by atoms with Gasteiger partial charge < -0.3 is 15.8 Å². The van der Waals surface area contributed by atoms with Crippen LogP contribution in [0.1, 0.15) is 27.2 Å². The number of nitrogens with one attached hydrogen (secondary N) is 1. The number of fused-ring (bicyclic) bond motifs is 1. The Kier molecular flexibility index (Phi) is 5.67. The first kappa shape index (κ1) is 21.5. The number of amides is 3. The van der Waals surface area contributed by atoms with E-state index in [1.807, 2.05) is 26.0 Å². The third-order valence-corrected chi connectivity index (χ3v) is 6.00. The van der Waals surface area contributed by atoms with Gasteiger partial charge in [-0.1, -0.05) is 12.1 Å². The number of hydrogen-bond acceptors (Lipinski definition) is 6. The Bertz CT molecular complexity index is 1240. The molecule has 1 aliphatic rings. The Morgan fingerprint density at radius 3 is 2.66 bits per heavy atom. The first-order valence-electron chi connectivity index (χ1n) is 9.99. The van der Waals surface area contributed by atoms with Crippen molar-refractivity contribution in [1.82, 2.24) is 4.98 Å². The molecule has 0 aliphatic carbocycles. The number of primary amides is 1. The Morgan fingerprint density at radius 1 is 1.22 bits per heavy atom. The van der Waals surface area contributed by atoms with E-state index in [0.717, 1.165) is 21.1 Å². The summed E-state index contributed by atoms with van der Waals surface area (Å²) in [5.41, 5.74) is 8.04. The number of hydrogen-bond donors (Lipinski definition) is 2. The summed E-state index contributed by atoms with van der Waals surface area (Å²) in [7, 11) is 0. The fraction of sp³-hybridized carbons (Fsp3) is 0.217. The van der Waals surface area contributed by atoms with Gasteiger partial charge in [0.1, 0.15) is 12.3 Å². The van der Waals surface area contributed by atoms with Crippen LogP contribution in [0.15, 0.2) is 42.5 Å². The highest BCUT2D eigenvalue weighted by atomic mass is 32.1. The highest BCUT2D eigenvalue weighted by Gasteiger charge is 2.33. The lowest BCUT2D eigenvalue weighted by Crippen LogP contribution is -2.47. The summed E-state index contributed by atoms with van der Waals surface area (Å²) < 4.78 is 5.75. The van der Waals surface area contributed by atoms with Gasteiger partial charge >= 0.3 is 0 Å². The average molecular weight is 451 g/mol. The molecule has 2 aromatic carbocycles. The fourth-order valence-corrected chi connectivity index (χ4v) is 4.49. The number of carbonyl (C=O) groups excluding carboxylic acids is 3. The van der Waals surface area contributed by atoms with Crippen LogP contribution < -0.4 is 20.7 Å². The zero-order valence-electron chi connectivity index (χ0n) is 17.8. The van der Waals surface area contributed by atoms with Crippen molar-refractivity contribution in [3.05, 3.63) is 57.9 Å². The normalized spacial score (nSPS) is 15.2. The molecular weight excluding hydrogens is 428 g/mol. The number of carbonyl (C=O) groups is 3. The van der Waals surface area contributed by atoms with Gasteiger partial charge in [-0.15, -0.1) is 11.3 Å². The summed E-state index contributed by atoms with van der Waals surface area (Å²) in [6.45, 7) is 5.32. The second-order valence-corrected chi connectivity index (χ2v) is 8.87. The number of aromatic nitrogens is 1. The van der Waals surface area contributed by atoms with Crippen LogP contribution in [0.5, 0.6) is 5.75 Å². The molecule has 2 heterocycles. The van der Waals surface area contributed by atoms with Crippen molar-refractivity contribution in [3.63, 3.8) is 0 Å². The van der Waals surface area contributed by atoms with Crippen molar-refractivity contribution in [3.8, 4) is 17.0 Å². The van der Waals surface area contributed by atoms with E-state index in [1.54, 1.807) is 42.5 Å². The Hall–Kier alpha value is -3.72. The molecule has 3 amide bonds. The van der Waals surface area contributed by atoms with Crippen LogP contribution in [0.25, 0.3) is 11.3 Å². The molecule has 0 bridgehead atoms. The third-order valence-electron chi connectivity index (χ3n) is 5.11. The van der Waals surface area contributed by atoms with E-state index in [9.17, 15) is 14.4 Å². The van der Waals surface area contributed by atoms with E-state index in [4.69, 9.17) is 10.5 Å². The lowest BCUT2D eigenvalue weighted by atomic mass is 10.1. The molecule has 164 valence electrons. The van der Waals surface area contributed by atoms with E-state index in [2.05, 4.69) is 10.3 Å². The molecule has 1 aliphatic heterocycles. The molecule has 32 heavy (non-hydrogen) atoms. The predicted molar refractivity (Wildman–Crippen MR) is 123 cm³/mol. The predicted octanol–water partition coefficient (Wildman–Crippen LogP) is 3.28. The highest BCUT2D eigenvalue weighted by molar-refractivity contribution is 7.11. The molecule has 0 spiro atoms. The smallest absolute Gasteiger partial charge is 0.268 e. The maximum atomic E-state index is 12.9. The number of benzene rings is 2. The molecular formula is C23H22N4O4S. The van der Waals surface area contributed by atoms with E-state index in [0.29, 0.717) is 17.1 Å².